The third-order valence-corrected chi connectivity index (χ3v) is 4.67. The zero-order valence-corrected chi connectivity index (χ0v) is 14.0. The van der Waals surface area contributed by atoms with Gasteiger partial charge in [-0.3, -0.25) is 0 Å². The van der Waals surface area contributed by atoms with Crippen LogP contribution in [0.15, 0.2) is 48.5 Å². The summed E-state index contributed by atoms with van der Waals surface area (Å²) in [6.45, 7) is 1.67. The van der Waals surface area contributed by atoms with Gasteiger partial charge in [-0.1, -0.05) is 30.3 Å². The summed E-state index contributed by atoms with van der Waals surface area (Å²) >= 11 is 0. The minimum atomic E-state index is -1.11. The number of halogens is 2. The SMILES string of the molecule is O[C@H](CN[C@@H](C[C@@H]1CCOC1)c1ccccc1)c1cc(F)ccc1F. The Kier molecular flexibility index (Phi) is 6.13. The fourth-order valence-corrected chi connectivity index (χ4v) is 3.26. The molecule has 0 radical (unpaired) electrons. The summed E-state index contributed by atoms with van der Waals surface area (Å²) in [5, 5.41) is 13.6. The predicted octanol–water partition coefficient (Wildman–Crippen LogP) is 3.76. The van der Waals surface area contributed by atoms with Crippen LogP contribution in [0, 0.1) is 17.6 Å². The first kappa shape index (κ1) is 18.0. The number of ether oxygens (including phenoxy) is 1. The van der Waals surface area contributed by atoms with Crippen LogP contribution in [-0.2, 0) is 4.74 Å². The molecule has 25 heavy (non-hydrogen) atoms. The standard InChI is InChI=1S/C20H23F2NO2/c21-16-6-7-18(22)17(11-16)20(24)12-23-19(10-14-8-9-25-13-14)15-4-2-1-3-5-15/h1-7,11,14,19-20,23-24H,8-10,12-13H2/t14-,19-,20+/m0/s1. The van der Waals surface area contributed by atoms with Crippen LogP contribution in [0.25, 0.3) is 0 Å². The van der Waals surface area contributed by atoms with E-state index in [-0.39, 0.29) is 18.2 Å². The number of hydrogen-bond acceptors (Lipinski definition) is 3. The van der Waals surface area contributed by atoms with E-state index in [0.717, 1.165) is 49.8 Å². The van der Waals surface area contributed by atoms with Crippen molar-refractivity contribution in [3.63, 3.8) is 0 Å². The van der Waals surface area contributed by atoms with Gasteiger partial charge in [0.25, 0.3) is 0 Å². The molecule has 0 aliphatic carbocycles. The molecule has 1 saturated heterocycles. The van der Waals surface area contributed by atoms with Crippen molar-refractivity contribution in [1.29, 1.82) is 0 Å². The molecule has 0 saturated carbocycles. The van der Waals surface area contributed by atoms with E-state index >= 15 is 0 Å². The number of benzene rings is 2. The number of aliphatic hydroxyl groups is 1. The van der Waals surface area contributed by atoms with Crippen molar-refractivity contribution in [3.8, 4) is 0 Å². The van der Waals surface area contributed by atoms with Crippen LogP contribution in [0.5, 0.6) is 0 Å². The molecule has 1 heterocycles. The molecule has 1 aliphatic heterocycles. The zero-order valence-electron chi connectivity index (χ0n) is 14.0. The minimum Gasteiger partial charge on any atom is -0.387 e. The summed E-state index contributed by atoms with van der Waals surface area (Å²) in [4.78, 5) is 0. The van der Waals surface area contributed by atoms with E-state index in [4.69, 9.17) is 4.74 Å². The maximum Gasteiger partial charge on any atom is 0.129 e. The fraction of sp³-hybridized carbons (Fsp3) is 0.400. The van der Waals surface area contributed by atoms with Crippen LogP contribution >= 0.6 is 0 Å². The first-order chi connectivity index (χ1) is 12.1. The van der Waals surface area contributed by atoms with Gasteiger partial charge >= 0.3 is 0 Å². The summed E-state index contributed by atoms with van der Waals surface area (Å²) < 4.78 is 32.6. The van der Waals surface area contributed by atoms with Gasteiger partial charge in [-0.2, -0.15) is 0 Å². The maximum absolute atomic E-state index is 13.8. The molecule has 0 unspecified atom stereocenters. The highest BCUT2D eigenvalue weighted by Crippen LogP contribution is 2.27. The normalized spacial score (nSPS) is 19.7. The quantitative estimate of drug-likeness (QED) is 0.801. The molecular weight excluding hydrogens is 324 g/mol. The molecule has 3 atom stereocenters. The van der Waals surface area contributed by atoms with Gasteiger partial charge in [0.1, 0.15) is 11.6 Å². The highest BCUT2D eigenvalue weighted by molar-refractivity contribution is 5.22. The van der Waals surface area contributed by atoms with E-state index in [9.17, 15) is 13.9 Å². The number of nitrogens with one attached hydrogen (secondary N) is 1. The minimum absolute atomic E-state index is 0.0245. The molecule has 3 rings (SSSR count). The van der Waals surface area contributed by atoms with Crippen molar-refractivity contribution in [2.45, 2.75) is 25.0 Å². The lowest BCUT2D eigenvalue weighted by atomic mass is 9.94. The fourth-order valence-electron chi connectivity index (χ4n) is 3.26. The van der Waals surface area contributed by atoms with Crippen LogP contribution < -0.4 is 5.32 Å². The molecule has 0 aromatic heterocycles. The average molecular weight is 347 g/mol. The van der Waals surface area contributed by atoms with Gasteiger partial charge < -0.3 is 15.2 Å². The molecule has 3 nitrogen and oxygen atoms in total. The summed E-state index contributed by atoms with van der Waals surface area (Å²) in [5.41, 5.74) is 1.09. The Labute approximate surface area is 146 Å². The van der Waals surface area contributed by atoms with Crippen molar-refractivity contribution >= 4 is 0 Å². The second-order valence-corrected chi connectivity index (χ2v) is 6.52. The Bertz CT molecular complexity index is 675. The summed E-state index contributed by atoms with van der Waals surface area (Å²) in [7, 11) is 0. The molecular formula is C20H23F2NO2. The molecule has 2 aromatic carbocycles. The first-order valence-electron chi connectivity index (χ1n) is 8.62. The van der Waals surface area contributed by atoms with Gasteiger partial charge in [0.2, 0.25) is 0 Å². The first-order valence-corrected chi connectivity index (χ1v) is 8.62. The van der Waals surface area contributed by atoms with Crippen molar-refractivity contribution in [2.24, 2.45) is 5.92 Å². The van der Waals surface area contributed by atoms with Gasteiger partial charge in [-0.15, -0.1) is 0 Å². The molecule has 0 amide bonds. The molecule has 5 heteroatoms. The van der Waals surface area contributed by atoms with Crippen LogP contribution in [0.4, 0.5) is 8.78 Å². The Balaban J connectivity index is 1.68. The van der Waals surface area contributed by atoms with E-state index in [1.54, 1.807) is 0 Å². The molecule has 1 aliphatic rings. The van der Waals surface area contributed by atoms with Crippen LogP contribution in [0.3, 0.4) is 0 Å². The lowest BCUT2D eigenvalue weighted by Gasteiger charge is -2.24. The molecule has 0 spiro atoms. The van der Waals surface area contributed by atoms with E-state index in [1.165, 1.54) is 0 Å². The van der Waals surface area contributed by atoms with Gasteiger partial charge in [0.15, 0.2) is 0 Å². The van der Waals surface area contributed by atoms with Crippen LogP contribution in [-0.4, -0.2) is 24.9 Å². The van der Waals surface area contributed by atoms with Crippen molar-refractivity contribution in [2.75, 3.05) is 19.8 Å². The van der Waals surface area contributed by atoms with E-state index < -0.39 is 17.7 Å². The smallest absolute Gasteiger partial charge is 0.129 e. The predicted molar refractivity (Wildman–Crippen MR) is 92.0 cm³/mol. The van der Waals surface area contributed by atoms with E-state index in [2.05, 4.69) is 5.32 Å². The highest BCUT2D eigenvalue weighted by atomic mass is 19.1. The lowest BCUT2D eigenvalue weighted by Crippen LogP contribution is -2.28. The summed E-state index contributed by atoms with van der Waals surface area (Å²) in [6.07, 6.45) is 0.788. The summed E-state index contributed by atoms with van der Waals surface area (Å²) in [5.74, 6) is -0.699. The average Bonchev–Trinajstić information content (AvgIpc) is 3.14. The van der Waals surface area contributed by atoms with Crippen molar-refractivity contribution < 1.29 is 18.6 Å². The Morgan fingerprint density at radius 3 is 2.68 bits per heavy atom. The molecule has 134 valence electrons. The Morgan fingerprint density at radius 1 is 1.16 bits per heavy atom. The van der Waals surface area contributed by atoms with Crippen molar-refractivity contribution in [3.05, 3.63) is 71.3 Å². The number of hydrogen-bond donors (Lipinski definition) is 2. The topological polar surface area (TPSA) is 41.5 Å². The summed E-state index contributed by atoms with van der Waals surface area (Å²) in [6, 6.07) is 13.1. The van der Waals surface area contributed by atoms with Gasteiger partial charge in [0.05, 0.1) is 6.10 Å². The van der Waals surface area contributed by atoms with Gasteiger partial charge in [-0.05, 0) is 42.5 Å². The van der Waals surface area contributed by atoms with Crippen LogP contribution in [0.1, 0.15) is 36.1 Å². The second-order valence-electron chi connectivity index (χ2n) is 6.52. The molecule has 2 N–H and O–H groups in total. The zero-order chi connectivity index (χ0) is 17.6. The second kappa shape index (κ2) is 8.52. The number of rotatable bonds is 7. The monoisotopic (exact) mass is 347 g/mol. The number of aliphatic hydroxyl groups excluding tert-OH is 1. The largest absolute Gasteiger partial charge is 0.387 e. The van der Waals surface area contributed by atoms with E-state index in [0.29, 0.717) is 5.92 Å². The highest BCUT2D eigenvalue weighted by Gasteiger charge is 2.23. The molecule has 1 fully saturated rings. The molecule has 0 bridgehead atoms. The lowest BCUT2D eigenvalue weighted by molar-refractivity contribution is 0.159. The van der Waals surface area contributed by atoms with Crippen molar-refractivity contribution in [1.82, 2.24) is 5.32 Å². The van der Waals surface area contributed by atoms with Gasteiger partial charge in [-0.25, -0.2) is 8.78 Å². The molecule has 2 aromatic rings. The van der Waals surface area contributed by atoms with E-state index in [1.807, 2.05) is 30.3 Å². The Hall–Kier alpha value is -1.82. The third-order valence-electron chi connectivity index (χ3n) is 4.67. The maximum atomic E-state index is 13.8. The Morgan fingerprint density at radius 2 is 1.96 bits per heavy atom. The van der Waals surface area contributed by atoms with Crippen LogP contribution in [0.2, 0.25) is 0 Å². The van der Waals surface area contributed by atoms with Gasteiger partial charge in [0, 0.05) is 31.4 Å². The third kappa shape index (κ3) is 4.84.